The first-order chi connectivity index (χ1) is 11.6. The topological polar surface area (TPSA) is 21.3 Å². The molecule has 2 aliphatic rings. The molecule has 1 fully saturated rings. The van der Waals surface area contributed by atoms with Crippen LogP contribution in [0.2, 0.25) is 5.02 Å². The van der Waals surface area contributed by atoms with E-state index in [0.717, 1.165) is 29.3 Å². The van der Waals surface area contributed by atoms with E-state index in [0.29, 0.717) is 6.04 Å². The summed E-state index contributed by atoms with van der Waals surface area (Å²) in [5.74, 6) is 1.03. The van der Waals surface area contributed by atoms with Gasteiger partial charge in [0.25, 0.3) is 0 Å². The van der Waals surface area contributed by atoms with Gasteiger partial charge < -0.3 is 10.1 Å². The monoisotopic (exact) mass is 341 g/mol. The predicted molar refractivity (Wildman–Crippen MR) is 100 cm³/mol. The second kappa shape index (κ2) is 6.42. The predicted octanol–water partition coefficient (Wildman–Crippen LogP) is 5.07. The van der Waals surface area contributed by atoms with Crippen LogP contribution in [0.5, 0.6) is 5.75 Å². The summed E-state index contributed by atoms with van der Waals surface area (Å²) >= 11 is 6.42. The average molecular weight is 342 g/mol. The molecule has 0 radical (unpaired) electrons. The summed E-state index contributed by atoms with van der Waals surface area (Å²) in [5.41, 5.74) is 6.15. The lowest BCUT2D eigenvalue weighted by molar-refractivity contribution is 0.208. The lowest BCUT2D eigenvalue weighted by Gasteiger charge is -2.27. The molecular weight excluding hydrogens is 318 g/mol. The Hall–Kier alpha value is -1.51. The summed E-state index contributed by atoms with van der Waals surface area (Å²) in [6.45, 7) is 5.23. The van der Waals surface area contributed by atoms with E-state index in [1.165, 1.54) is 41.5 Å². The summed E-state index contributed by atoms with van der Waals surface area (Å²) in [6.07, 6.45) is 5.11. The highest BCUT2D eigenvalue weighted by molar-refractivity contribution is 6.31. The molecule has 3 heteroatoms. The minimum Gasteiger partial charge on any atom is -0.488 e. The van der Waals surface area contributed by atoms with Gasteiger partial charge in [0, 0.05) is 29.6 Å². The quantitative estimate of drug-likeness (QED) is 0.838. The van der Waals surface area contributed by atoms with Gasteiger partial charge in [0.2, 0.25) is 0 Å². The van der Waals surface area contributed by atoms with Crippen molar-refractivity contribution in [1.82, 2.24) is 5.32 Å². The molecule has 24 heavy (non-hydrogen) atoms. The fraction of sp³-hybridized carbons (Fsp3) is 0.429. The number of hydrogen-bond acceptors (Lipinski definition) is 2. The van der Waals surface area contributed by atoms with E-state index in [9.17, 15) is 0 Å². The maximum Gasteiger partial charge on any atom is 0.131 e. The first kappa shape index (κ1) is 16.0. The van der Waals surface area contributed by atoms with Gasteiger partial charge in [0.15, 0.2) is 0 Å². The molecule has 1 N–H and O–H groups in total. The molecule has 1 unspecified atom stereocenters. The van der Waals surface area contributed by atoms with Crippen LogP contribution in [0.3, 0.4) is 0 Å². The van der Waals surface area contributed by atoms with Gasteiger partial charge in [-0.05, 0) is 61.1 Å². The molecule has 1 heterocycles. The number of hydrogen-bond donors (Lipinski definition) is 1. The fourth-order valence-corrected chi connectivity index (χ4v) is 4.08. The van der Waals surface area contributed by atoms with Crippen LogP contribution in [0.15, 0.2) is 30.3 Å². The molecule has 1 atom stereocenters. The van der Waals surface area contributed by atoms with Crippen molar-refractivity contribution in [1.29, 1.82) is 0 Å². The van der Waals surface area contributed by atoms with Crippen LogP contribution in [0.1, 0.15) is 36.0 Å². The third-order valence-corrected chi connectivity index (χ3v) is 5.57. The second-order valence-electron chi connectivity index (χ2n) is 7.19. The lowest BCUT2D eigenvalue weighted by atomic mass is 9.92. The summed E-state index contributed by atoms with van der Waals surface area (Å²) < 4.78 is 6.36. The normalized spacial score (nSPS) is 19.7. The van der Waals surface area contributed by atoms with Gasteiger partial charge in [0.05, 0.1) is 0 Å². The van der Waals surface area contributed by atoms with Gasteiger partial charge in [-0.1, -0.05) is 36.2 Å². The minimum absolute atomic E-state index is 0.210. The van der Waals surface area contributed by atoms with Crippen molar-refractivity contribution in [2.75, 3.05) is 6.54 Å². The summed E-state index contributed by atoms with van der Waals surface area (Å²) in [4.78, 5) is 0. The highest BCUT2D eigenvalue weighted by atomic mass is 35.5. The van der Waals surface area contributed by atoms with E-state index >= 15 is 0 Å². The van der Waals surface area contributed by atoms with E-state index in [2.05, 4.69) is 49.5 Å². The van der Waals surface area contributed by atoms with E-state index in [1.54, 1.807) is 0 Å². The smallest absolute Gasteiger partial charge is 0.131 e. The van der Waals surface area contributed by atoms with Crippen LogP contribution < -0.4 is 10.1 Å². The number of benzene rings is 2. The van der Waals surface area contributed by atoms with Crippen molar-refractivity contribution in [2.45, 2.75) is 51.7 Å². The number of ether oxygens (including phenoxy) is 1. The molecule has 2 aromatic carbocycles. The van der Waals surface area contributed by atoms with Crippen molar-refractivity contribution < 1.29 is 4.74 Å². The number of rotatable bonds is 4. The van der Waals surface area contributed by atoms with Crippen LogP contribution in [-0.4, -0.2) is 18.7 Å². The zero-order valence-electron chi connectivity index (χ0n) is 14.4. The second-order valence-corrected chi connectivity index (χ2v) is 7.62. The van der Waals surface area contributed by atoms with Crippen molar-refractivity contribution in [2.24, 2.45) is 0 Å². The Balaban J connectivity index is 1.64. The summed E-state index contributed by atoms with van der Waals surface area (Å²) in [6, 6.07) is 11.2. The standard InChI is InChI=1S/C21H24ClNO/c1-13-5-3-6-14(2)20(13)19-11-16(22)9-15-10-18(24-21(15)19)12-23-17-7-4-8-17/h3,5-6,9,11,17-18,23H,4,7-8,10,12H2,1-2H3. The molecule has 1 aliphatic carbocycles. The third kappa shape index (κ3) is 2.94. The van der Waals surface area contributed by atoms with Gasteiger partial charge >= 0.3 is 0 Å². The zero-order chi connectivity index (χ0) is 16.7. The summed E-state index contributed by atoms with van der Waals surface area (Å²) in [7, 11) is 0. The largest absolute Gasteiger partial charge is 0.488 e. The molecular formula is C21H24ClNO. The Labute approximate surface area is 149 Å². The Morgan fingerprint density at radius 1 is 1.17 bits per heavy atom. The van der Waals surface area contributed by atoms with Crippen LogP contribution >= 0.6 is 11.6 Å². The SMILES string of the molecule is Cc1cccc(C)c1-c1cc(Cl)cc2c1OC(CNC1CCC1)C2. The van der Waals surface area contributed by atoms with Gasteiger partial charge in [-0.25, -0.2) is 0 Å². The molecule has 4 rings (SSSR count). The van der Waals surface area contributed by atoms with E-state index < -0.39 is 0 Å². The van der Waals surface area contributed by atoms with Crippen molar-refractivity contribution in [3.05, 3.63) is 52.0 Å². The van der Waals surface area contributed by atoms with E-state index in [1.807, 2.05) is 0 Å². The Morgan fingerprint density at radius 3 is 2.58 bits per heavy atom. The van der Waals surface area contributed by atoms with Crippen molar-refractivity contribution >= 4 is 11.6 Å². The fourth-order valence-electron chi connectivity index (χ4n) is 3.84. The molecule has 1 saturated carbocycles. The Morgan fingerprint density at radius 2 is 1.92 bits per heavy atom. The van der Waals surface area contributed by atoms with Crippen LogP contribution in [-0.2, 0) is 6.42 Å². The lowest BCUT2D eigenvalue weighted by Crippen LogP contribution is -2.41. The van der Waals surface area contributed by atoms with Gasteiger partial charge in [-0.3, -0.25) is 0 Å². The summed E-state index contributed by atoms with van der Waals surface area (Å²) in [5, 5.41) is 4.43. The maximum atomic E-state index is 6.42. The Bertz CT molecular complexity index is 746. The molecule has 2 aromatic rings. The van der Waals surface area contributed by atoms with Gasteiger partial charge in [-0.15, -0.1) is 0 Å². The highest BCUT2D eigenvalue weighted by Crippen LogP contribution is 2.43. The number of aryl methyl sites for hydroxylation is 2. The average Bonchev–Trinajstić information content (AvgIpc) is 2.88. The van der Waals surface area contributed by atoms with Crippen LogP contribution in [0, 0.1) is 13.8 Å². The Kier molecular flexibility index (Phi) is 4.28. The molecule has 0 spiro atoms. The van der Waals surface area contributed by atoms with Crippen molar-refractivity contribution in [3.8, 4) is 16.9 Å². The molecule has 0 amide bonds. The molecule has 0 aromatic heterocycles. The number of halogens is 1. The minimum atomic E-state index is 0.210. The molecule has 2 nitrogen and oxygen atoms in total. The first-order valence-electron chi connectivity index (χ1n) is 8.91. The first-order valence-corrected chi connectivity index (χ1v) is 9.28. The maximum absolute atomic E-state index is 6.42. The molecule has 126 valence electrons. The molecule has 0 bridgehead atoms. The molecule has 1 aliphatic heterocycles. The van der Waals surface area contributed by atoms with Crippen molar-refractivity contribution in [3.63, 3.8) is 0 Å². The number of fused-ring (bicyclic) bond motifs is 1. The third-order valence-electron chi connectivity index (χ3n) is 5.35. The van der Waals surface area contributed by atoms with Gasteiger partial charge in [0.1, 0.15) is 11.9 Å². The zero-order valence-corrected chi connectivity index (χ0v) is 15.1. The van der Waals surface area contributed by atoms with E-state index in [4.69, 9.17) is 16.3 Å². The van der Waals surface area contributed by atoms with Gasteiger partial charge in [-0.2, -0.15) is 0 Å². The highest BCUT2D eigenvalue weighted by Gasteiger charge is 2.28. The van der Waals surface area contributed by atoms with Crippen LogP contribution in [0.25, 0.3) is 11.1 Å². The molecule has 0 saturated heterocycles. The van der Waals surface area contributed by atoms with Crippen LogP contribution in [0.4, 0.5) is 0 Å². The van der Waals surface area contributed by atoms with E-state index in [-0.39, 0.29) is 6.10 Å². The number of nitrogens with one attached hydrogen (secondary N) is 1.